The molecule has 0 amide bonds. The molecule has 0 saturated heterocycles. The maximum Gasteiger partial charge on any atom is 0.306 e. The van der Waals surface area contributed by atoms with Gasteiger partial charge in [0.2, 0.25) is 0 Å². The molecule has 0 aliphatic heterocycles. The summed E-state index contributed by atoms with van der Waals surface area (Å²) < 4.78 is 17.0. The van der Waals surface area contributed by atoms with Crippen molar-refractivity contribution in [1.82, 2.24) is 0 Å². The molecule has 0 aromatic rings. The van der Waals surface area contributed by atoms with Gasteiger partial charge < -0.3 is 14.2 Å². The smallest absolute Gasteiger partial charge is 0.306 e. The standard InChI is InChI=1S/C75H134O6/c1-4-7-10-13-16-19-22-25-28-30-32-34-36-37-39-40-42-44-47-50-53-56-59-62-65-68-74(77)80-71-72(70-79-73(76)67-64-61-58-55-52-49-46-27-24-21-18-15-12-9-6-3)81-75(78)69-66-63-60-57-54-51-48-45-43-41-38-35-33-31-29-26-23-20-17-14-11-8-5-2/h8,11,17-18,20-21,26-27,29,33,35,46,72H,4-7,9-10,12-16,19,22-25,28,30-32,34,36-45,47-71H2,1-3H3/b11-8-,20-17-,21-18-,29-26-,35-33-,46-27-. The lowest BCUT2D eigenvalue weighted by Crippen LogP contribution is -2.30. The van der Waals surface area contributed by atoms with Crippen LogP contribution in [0.4, 0.5) is 0 Å². The van der Waals surface area contributed by atoms with Crippen molar-refractivity contribution in [1.29, 1.82) is 0 Å². The van der Waals surface area contributed by atoms with Gasteiger partial charge in [-0.3, -0.25) is 14.4 Å². The van der Waals surface area contributed by atoms with Crippen LogP contribution < -0.4 is 0 Å². The van der Waals surface area contributed by atoms with Crippen LogP contribution in [0.15, 0.2) is 72.9 Å². The number of esters is 3. The van der Waals surface area contributed by atoms with E-state index >= 15 is 0 Å². The summed E-state index contributed by atoms with van der Waals surface area (Å²) >= 11 is 0. The van der Waals surface area contributed by atoms with Gasteiger partial charge in [-0.05, 0) is 89.9 Å². The van der Waals surface area contributed by atoms with E-state index in [-0.39, 0.29) is 31.1 Å². The summed E-state index contributed by atoms with van der Waals surface area (Å²) in [6.07, 6.45) is 90.7. The normalized spacial score (nSPS) is 12.5. The third-order valence-corrected chi connectivity index (χ3v) is 15.7. The van der Waals surface area contributed by atoms with E-state index < -0.39 is 6.10 Å². The second kappa shape index (κ2) is 69.3. The molecule has 0 spiro atoms. The fraction of sp³-hybridized carbons (Fsp3) is 0.800. The molecular weight excluding hydrogens is 997 g/mol. The molecule has 0 aromatic carbocycles. The molecule has 0 aromatic heterocycles. The second-order valence-electron chi connectivity index (χ2n) is 23.8. The summed E-state index contributed by atoms with van der Waals surface area (Å²) in [6, 6.07) is 0. The Morgan fingerprint density at radius 1 is 0.259 bits per heavy atom. The first-order chi connectivity index (χ1) is 40.0. The van der Waals surface area contributed by atoms with Gasteiger partial charge in [-0.2, -0.15) is 0 Å². The summed E-state index contributed by atoms with van der Waals surface area (Å²) in [5.74, 6) is -0.875. The molecule has 0 saturated carbocycles. The lowest BCUT2D eigenvalue weighted by molar-refractivity contribution is -0.167. The summed E-state index contributed by atoms with van der Waals surface area (Å²) in [5, 5.41) is 0. The van der Waals surface area contributed by atoms with Gasteiger partial charge in [0.15, 0.2) is 6.10 Å². The fourth-order valence-corrected chi connectivity index (χ4v) is 10.4. The van der Waals surface area contributed by atoms with Gasteiger partial charge in [0.1, 0.15) is 13.2 Å². The van der Waals surface area contributed by atoms with Crippen LogP contribution in [0.3, 0.4) is 0 Å². The average Bonchev–Trinajstić information content (AvgIpc) is 3.47. The first-order valence-electron chi connectivity index (χ1n) is 35.4. The summed E-state index contributed by atoms with van der Waals surface area (Å²) in [4.78, 5) is 38.5. The number of hydrogen-bond donors (Lipinski definition) is 0. The van der Waals surface area contributed by atoms with Crippen LogP contribution in [-0.2, 0) is 28.6 Å². The average molecular weight is 1130 g/mol. The summed E-state index contributed by atoms with van der Waals surface area (Å²) in [7, 11) is 0. The first kappa shape index (κ1) is 77.9. The van der Waals surface area contributed by atoms with Crippen molar-refractivity contribution in [3.63, 3.8) is 0 Å². The van der Waals surface area contributed by atoms with E-state index in [0.29, 0.717) is 19.3 Å². The van der Waals surface area contributed by atoms with Crippen LogP contribution in [0, 0.1) is 0 Å². The van der Waals surface area contributed by atoms with Crippen molar-refractivity contribution < 1.29 is 28.6 Å². The van der Waals surface area contributed by atoms with E-state index in [2.05, 4.69) is 93.7 Å². The van der Waals surface area contributed by atoms with Crippen LogP contribution in [0.1, 0.15) is 367 Å². The Labute approximate surface area is 503 Å². The molecule has 6 heteroatoms. The Morgan fingerprint density at radius 3 is 0.778 bits per heavy atom. The molecular formula is C75H134O6. The molecule has 1 unspecified atom stereocenters. The number of allylic oxidation sites excluding steroid dienone is 12. The molecule has 81 heavy (non-hydrogen) atoms. The van der Waals surface area contributed by atoms with Gasteiger partial charge in [-0.15, -0.1) is 0 Å². The van der Waals surface area contributed by atoms with Gasteiger partial charge in [0.25, 0.3) is 0 Å². The molecule has 470 valence electrons. The Morgan fingerprint density at radius 2 is 0.481 bits per heavy atom. The Hall–Kier alpha value is -3.15. The number of carbonyl (C=O) groups is 3. The lowest BCUT2D eigenvalue weighted by atomic mass is 10.0. The zero-order chi connectivity index (χ0) is 58.5. The molecule has 0 heterocycles. The second-order valence-corrected chi connectivity index (χ2v) is 23.8. The third kappa shape index (κ3) is 67.5. The maximum atomic E-state index is 13.0. The van der Waals surface area contributed by atoms with Crippen LogP contribution in [0.25, 0.3) is 0 Å². The van der Waals surface area contributed by atoms with Crippen molar-refractivity contribution in [3.8, 4) is 0 Å². The molecule has 0 aliphatic rings. The minimum absolute atomic E-state index is 0.0780. The predicted octanol–water partition coefficient (Wildman–Crippen LogP) is 24.4. The van der Waals surface area contributed by atoms with Gasteiger partial charge in [-0.1, -0.05) is 331 Å². The summed E-state index contributed by atoms with van der Waals surface area (Å²) in [5.41, 5.74) is 0. The molecule has 6 nitrogen and oxygen atoms in total. The van der Waals surface area contributed by atoms with E-state index in [1.165, 1.54) is 225 Å². The molecule has 0 bridgehead atoms. The highest BCUT2D eigenvalue weighted by atomic mass is 16.6. The summed E-state index contributed by atoms with van der Waals surface area (Å²) in [6.45, 7) is 6.55. The molecule has 0 aliphatic carbocycles. The van der Waals surface area contributed by atoms with E-state index in [4.69, 9.17) is 14.2 Å². The number of hydrogen-bond acceptors (Lipinski definition) is 6. The number of unbranched alkanes of at least 4 members (excludes halogenated alkanes) is 42. The van der Waals surface area contributed by atoms with Gasteiger partial charge >= 0.3 is 17.9 Å². The third-order valence-electron chi connectivity index (χ3n) is 15.7. The van der Waals surface area contributed by atoms with Crippen molar-refractivity contribution in [2.45, 2.75) is 374 Å². The monoisotopic (exact) mass is 1130 g/mol. The van der Waals surface area contributed by atoms with Gasteiger partial charge in [0.05, 0.1) is 0 Å². The minimum Gasteiger partial charge on any atom is -0.462 e. The fourth-order valence-electron chi connectivity index (χ4n) is 10.4. The molecule has 1 atom stereocenters. The van der Waals surface area contributed by atoms with E-state index in [1.807, 2.05) is 0 Å². The van der Waals surface area contributed by atoms with Gasteiger partial charge in [-0.25, -0.2) is 0 Å². The van der Waals surface area contributed by atoms with Crippen molar-refractivity contribution in [3.05, 3.63) is 72.9 Å². The topological polar surface area (TPSA) is 78.9 Å². The number of ether oxygens (including phenoxy) is 3. The molecule has 0 radical (unpaired) electrons. The van der Waals surface area contributed by atoms with Crippen LogP contribution in [0.5, 0.6) is 0 Å². The quantitative estimate of drug-likeness (QED) is 0.0261. The molecule has 0 N–H and O–H groups in total. The first-order valence-corrected chi connectivity index (χ1v) is 35.4. The van der Waals surface area contributed by atoms with Crippen LogP contribution in [0.2, 0.25) is 0 Å². The Kier molecular flexibility index (Phi) is 66.6. The predicted molar refractivity (Wildman–Crippen MR) is 353 cm³/mol. The van der Waals surface area contributed by atoms with E-state index in [1.54, 1.807) is 0 Å². The SMILES string of the molecule is CC/C=C\C/C=C\C/C=C\C/C=C\CCCCCCCCCCCCC(=O)OC(COC(=O)CCCCCCC/C=C\C/C=C\CCCCC)COC(=O)CCCCCCCCCCCCCCCCCCCCCCCCCCC. The van der Waals surface area contributed by atoms with Crippen molar-refractivity contribution in [2.75, 3.05) is 13.2 Å². The Balaban J connectivity index is 4.30. The minimum atomic E-state index is -0.784. The van der Waals surface area contributed by atoms with Crippen molar-refractivity contribution >= 4 is 17.9 Å². The van der Waals surface area contributed by atoms with E-state index in [9.17, 15) is 14.4 Å². The highest BCUT2D eigenvalue weighted by molar-refractivity contribution is 5.71. The largest absolute Gasteiger partial charge is 0.462 e. The van der Waals surface area contributed by atoms with Crippen molar-refractivity contribution in [2.24, 2.45) is 0 Å². The number of carbonyl (C=O) groups excluding carboxylic acids is 3. The lowest BCUT2D eigenvalue weighted by Gasteiger charge is -2.18. The maximum absolute atomic E-state index is 13.0. The van der Waals surface area contributed by atoms with Crippen LogP contribution in [-0.4, -0.2) is 37.2 Å². The van der Waals surface area contributed by atoms with Crippen LogP contribution >= 0.6 is 0 Å². The molecule has 0 fully saturated rings. The van der Waals surface area contributed by atoms with E-state index in [0.717, 1.165) is 103 Å². The zero-order valence-corrected chi connectivity index (χ0v) is 54.1. The van der Waals surface area contributed by atoms with Gasteiger partial charge in [0, 0.05) is 19.3 Å². The number of rotatable bonds is 65. The Bertz CT molecular complexity index is 1490. The zero-order valence-electron chi connectivity index (χ0n) is 54.1. The highest BCUT2D eigenvalue weighted by Gasteiger charge is 2.19. The molecule has 0 rings (SSSR count). The highest BCUT2D eigenvalue weighted by Crippen LogP contribution is 2.18.